The summed E-state index contributed by atoms with van der Waals surface area (Å²) in [6.07, 6.45) is 0.671. The summed E-state index contributed by atoms with van der Waals surface area (Å²) in [7, 11) is -2.09. The molecule has 3 aromatic rings. The molecule has 0 spiro atoms. The lowest BCUT2D eigenvalue weighted by molar-refractivity contribution is -0.131. The third-order valence-electron chi connectivity index (χ3n) is 6.44. The molecule has 5 rings (SSSR count). The molecule has 10 heteroatoms. The number of para-hydroxylation sites is 1. The van der Waals surface area contributed by atoms with E-state index in [1.165, 1.54) is 8.99 Å². The van der Waals surface area contributed by atoms with Gasteiger partial charge in [-0.3, -0.25) is 13.8 Å². The van der Waals surface area contributed by atoms with Crippen LogP contribution in [-0.2, 0) is 34.3 Å². The summed E-state index contributed by atoms with van der Waals surface area (Å²) in [5, 5.41) is 4.42. The number of sulfonamides is 1. The standard InChI is InChI=1S/C25H28N4O5S/c1-17-25(35(31,32)29-11-10-20-6-4-5-7-21(20)29)18(2)28(26-17)16-24(30)27(3)15-19-8-9-22-23(14-19)34-13-12-33-22/h4-9,14H,10-13,15-16H2,1-3H3. The molecule has 3 heterocycles. The van der Waals surface area contributed by atoms with Crippen LogP contribution in [0.4, 0.5) is 5.69 Å². The maximum absolute atomic E-state index is 13.6. The van der Waals surface area contributed by atoms with Crippen molar-refractivity contribution < 1.29 is 22.7 Å². The van der Waals surface area contributed by atoms with Gasteiger partial charge in [0, 0.05) is 20.1 Å². The molecule has 0 saturated heterocycles. The fourth-order valence-corrected chi connectivity index (χ4v) is 6.55. The Morgan fingerprint density at radius 2 is 1.83 bits per heavy atom. The number of carbonyl (C=O) groups excluding carboxylic acids is 1. The zero-order valence-electron chi connectivity index (χ0n) is 20.0. The summed E-state index contributed by atoms with van der Waals surface area (Å²) in [5.41, 5.74) is 3.46. The summed E-state index contributed by atoms with van der Waals surface area (Å²) in [6.45, 7) is 5.10. The molecule has 1 aromatic heterocycles. The van der Waals surface area contributed by atoms with E-state index in [0.29, 0.717) is 61.3 Å². The number of aromatic nitrogens is 2. The van der Waals surface area contributed by atoms with Crippen LogP contribution in [0, 0.1) is 13.8 Å². The Hall–Kier alpha value is -3.53. The molecule has 0 fully saturated rings. The first-order valence-electron chi connectivity index (χ1n) is 11.5. The zero-order valence-corrected chi connectivity index (χ0v) is 20.8. The SMILES string of the molecule is Cc1nn(CC(=O)N(C)Cc2ccc3c(c2)OCCO3)c(C)c1S(=O)(=O)N1CCc2ccccc21. The van der Waals surface area contributed by atoms with E-state index >= 15 is 0 Å². The fourth-order valence-electron chi connectivity index (χ4n) is 4.67. The first-order chi connectivity index (χ1) is 16.8. The average Bonchev–Trinajstić information content (AvgIpc) is 3.40. The Morgan fingerprint density at radius 1 is 1.09 bits per heavy atom. The van der Waals surface area contributed by atoms with Gasteiger partial charge in [-0.1, -0.05) is 24.3 Å². The van der Waals surface area contributed by atoms with Crippen molar-refractivity contribution in [3.05, 3.63) is 65.0 Å². The van der Waals surface area contributed by atoms with Crippen molar-refractivity contribution in [1.29, 1.82) is 0 Å². The van der Waals surface area contributed by atoms with Crippen molar-refractivity contribution in [1.82, 2.24) is 14.7 Å². The van der Waals surface area contributed by atoms with Crippen LogP contribution in [0.25, 0.3) is 0 Å². The van der Waals surface area contributed by atoms with Crippen LogP contribution in [0.3, 0.4) is 0 Å². The Labute approximate surface area is 204 Å². The molecule has 0 saturated carbocycles. The van der Waals surface area contributed by atoms with E-state index in [4.69, 9.17) is 9.47 Å². The van der Waals surface area contributed by atoms with Gasteiger partial charge in [-0.15, -0.1) is 0 Å². The molecule has 0 bridgehead atoms. The van der Waals surface area contributed by atoms with Crippen LogP contribution in [-0.4, -0.2) is 55.8 Å². The highest BCUT2D eigenvalue weighted by atomic mass is 32.2. The molecule has 0 atom stereocenters. The fraction of sp³-hybridized carbons (Fsp3) is 0.360. The molecular formula is C25H28N4O5S. The van der Waals surface area contributed by atoms with Crippen LogP contribution >= 0.6 is 0 Å². The van der Waals surface area contributed by atoms with E-state index in [0.717, 1.165) is 11.1 Å². The van der Waals surface area contributed by atoms with Crippen LogP contribution < -0.4 is 13.8 Å². The van der Waals surface area contributed by atoms with Crippen LogP contribution in [0.5, 0.6) is 11.5 Å². The molecule has 1 amide bonds. The summed E-state index contributed by atoms with van der Waals surface area (Å²) < 4.78 is 41.3. The minimum absolute atomic E-state index is 0.0557. The molecule has 0 unspecified atom stereocenters. The molecule has 0 aliphatic carbocycles. The highest BCUT2D eigenvalue weighted by Gasteiger charge is 2.35. The molecular weight excluding hydrogens is 468 g/mol. The Bertz CT molecular complexity index is 1400. The number of hydrogen-bond donors (Lipinski definition) is 0. The largest absolute Gasteiger partial charge is 0.486 e. The number of rotatable bonds is 6. The monoisotopic (exact) mass is 496 g/mol. The molecule has 35 heavy (non-hydrogen) atoms. The van der Waals surface area contributed by atoms with Crippen molar-refractivity contribution in [2.24, 2.45) is 0 Å². The van der Waals surface area contributed by atoms with Crippen molar-refractivity contribution in [3.8, 4) is 11.5 Å². The van der Waals surface area contributed by atoms with E-state index in [-0.39, 0.29) is 17.3 Å². The third-order valence-corrected chi connectivity index (χ3v) is 8.51. The number of amides is 1. The minimum atomic E-state index is -3.81. The minimum Gasteiger partial charge on any atom is -0.486 e. The number of carbonyl (C=O) groups is 1. The summed E-state index contributed by atoms with van der Waals surface area (Å²) in [6, 6.07) is 13.1. The Balaban J connectivity index is 1.33. The first kappa shape index (κ1) is 23.2. The number of hydrogen-bond acceptors (Lipinski definition) is 6. The van der Waals surface area contributed by atoms with Gasteiger partial charge in [0.25, 0.3) is 10.0 Å². The quantitative estimate of drug-likeness (QED) is 0.521. The third kappa shape index (κ3) is 4.22. The lowest BCUT2D eigenvalue weighted by atomic mass is 10.2. The highest BCUT2D eigenvalue weighted by molar-refractivity contribution is 7.93. The normalized spacial score (nSPS) is 14.7. The second-order valence-electron chi connectivity index (χ2n) is 8.84. The Kier molecular flexibility index (Phi) is 5.92. The second-order valence-corrected chi connectivity index (χ2v) is 10.6. The number of aryl methyl sites for hydroxylation is 1. The van der Waals surface area contributed by atoms with Gasteiger partial charge in [-0.05, 0) is 49.6 Å². The molecule has 2 aromatic carbocycles. The first-order valence-corrected chi connectivity index (χ1v) is 13.0. The highest BCUT2D eigenvalue weighted by Crippen LogP contribution is 2.35. The van der Waals surface area contributed by atoms with Gasteiger partial charge in [-0.2, -0.15) is 5.10 Å². The van der Waals surface area contributed by atoms with Gasteiger partial charge in [0.1, 0.15) is 24.7 Å². The zero-order chi connectivity index (χ0) is 24.7. The smallest absolute Gasteiger partial charge is 0.268 e. The van der Waals surface area contributed by atoms with Crippen molar-refractivity contribution in [2.45, 2.75) is 38.3 Å². The van der Waals surface area contributed by atoms with Crippen molar-refractivity contribution in [2.75, 3.05) is 31.1 Å². The predicted octanol–water partition coefficient (Wildman–Crippen LogP) is 2.68. The summed E-state index contributed by atoms with van der Waals surface area (Å²) >= 11 is 0. The molecule has 2 aliphatic rings. The second kappa shape index (κ2) is 8.92. The van der Waals surface area contributed by atoms with Crippen molar-refractivity contribution in [3.63, 3.8) is 0 Å². The van der Waals surface area contributed by atoms with E-state index in [9.17, 15) is 13.2 Å². The maximum Gasteiger partial charge on any atom is 0.268 e. The van der Waals surface area contributed by atoms with E-state index < -0.39 is 10.0 Å². The van der Waals surface area contributed by atoms with Crippen LogP contribution in [0.1, 0.15) is 22.5 Å². The van der Waals surface area contributed by atoms with Crippen LogP contribution in [0.15, 0.2) is 47.4 Å². The molecule has 0 radical (unpaired) electrons. The average molecular weight is 497 g/mol. The number of anilines is 1. The summed E-state index contributed by atoms with van der Waals surface area (Å²) in [4.78, 5) is 14.8. The van der Waals surface area contributed by atoms with Gasteiger partial charge >= 0.3 is 0 Å². The lowest BCUT2D eigenvalue weighted by Gasteiger charge is -2.21. The maximum atomic E-state index is 13.6. The van der Waals surface area contributed by atoms with E-state index in [1.807, 2.05) is 42.5 Å². The van der Waals surface area contributed by atoms with Crippen LogP contribution in [0.2, 0.25) is 0 Å². The Morgan fingerprint density at radius 3 is 2.63 bits per heavy atom. The molecule has 9 nitrogen and oxygen atoms in total. The van der Waals surface area contributed by atoms with Gasteiger partial charge in [0.15, 0.2) is 11.5 Å². The van der Waals surface area contributed by atoms with Gasteiger partial charge < -0.3 is 14.4 Å². The van der Waals surface area contributed by atoms with Gasteiger partial charge in [-0.25, -0.2) is 8.42 Å². The number of ether oxygens (including phenoxy) is 2. The van der Waals surface area contributed by atoms with E-state index in [1.54, 1.807) is 25.8 Å². The van der Waals surface area contributed by atoms with Gasteiger partial charge in [0.05, 0.1) is 17.1 Å². The number of benzene rings is 2. The number of nitrogens with zero attached hydrogens (tertiary/aromatic N) is 4. The lowest BCUT2D eigenvalue weighted by Crippen LogP contribution is -2.31. The predicted molar refractivity (Wildman–Crippen MR) is 130 cm³/mol. The summed E-state index contributed by atoms with van der Waals surface area (Å²) in [5.74, 6) is 1.19. The topological polar surface area (TPSA) is 94.0 Å². The molecule has 2 aliphatic heterocycles. The number of likely N-dealkylation sites (N-methyl/N-ethyl adjacent to an activating group) is 1. The van der Waals surface area contributed by atoms with E-state index in [2.05, 4.69) is 5.10 Å². The number of fused-ring (bicyclic) bond motifs is 2. The van der Waals surface area contributed by atoms with Crippen molar-refractivity contribution >= 4 is 21.6 Å². The molecule has 0 N–H and O–H groups in total. The van der Waals surface area contributed by atoms with Gasteiger partial charge in [0.2, 0.25) is 5.91 Å². The molecule has 184 valence electrons.